The fourth-order valence-electron chi connectivity index (χ4n) is 1.77. The minimum atomic E-state index is -0.425. The van der Waals surface area contributed by atoms with E-state index in [1.165, 1.54) is 12.1 Å². The van der Waals surface area contributed by atoms with Gasteiger partial charge in [0.2, 0.25) is 0 Å². The number of hydrogen-bond donors (Lipinski definition) is 1. The summed E-state index contributed by atoms with van der Waals surface area (Å²) in [5, 5.41) is 9.68. The third-order valence-electron chi connectivity index (χ3n) is 2.97. The van der Waals surface area contributed by atoms with Crippen LogP contribution in [0.1, 0.15) is 30.6 Å². The predicted molar refractivity (Wildman–Crippen MR) is 72.4 cm³/mol. The molecule has 1 atom stereocenters. The molecule has 0 aliphatic rings. The number of hydrogen-bond acceptors (Lipinski definition) is 2. The summed E-state index contributed by atoms with van der Waals surface area (Å²) in [4.78, 5) is 0. The molecule has 0 heterocycles. The van der Waals surface area contributed by atoms with Crippen molar-refractivity contribution >= 4 is 0 Å². The van der Waals surface area contributed by atoms with Crippen molar-refractivity contribution in [2.75, 3.05) is 0 Å². The molecule has 100 valence electrons. The van der Waals surface area contributed by atoms with Gasteiger partial charge in [-0.25, -0.2) is 4.39 Å². The minimum absolute atomic E-state index is 0.248. The second kappa shape index (κ2) is 6.34. The molecule has 0 radical (unpaired) electrons. The standard InChI is InChI=1S/C16H17FO2/c1-2-16(18)13-5-9-15(10-6-13)19-11-12-3-7-14(17)8-4-12/h3-10,16,18H,2,11H2,1H3/t16-/m1/s1. The van der Waals surface area contributed by atoms with Gasteiger partial charge in [-0.2, -0.15) is 0 Å². The quantitative estimate of drug-likeness (QED) is 0.884. The average molecular weight is 260 g/mol. The van der Waals surface area contributed by atoms with Crippen LogP contribution in [0.5, 0.6) is 5.75 Å². The molecular formula is C16H17FO2. The van der Waals surface area contributed by atoms with Gasteiger partial charge in [-0.05, 0) is 41.8 Å². The Morgan fingerprint density at radius 3 is 2.26 bits per heavy atom. The van der Waals surface area contributed by atoms with E-state index in [2.05, 4.69) is 0 Å². The van der Waals surface area contributed by atoms with E-state index in [0.29, 0.717) is 13.0 Å². The Labute approximate surface area is 112 Å². The van der Waals surface area contributed by atoms with Crippen LogP contribution >= 0.6 is 0 Å². The molecule has 0 spiro atoms. The van der Waals surface area contributed by atoms with E-state index in [1.54, 1.807) is 12.1 Å². The summed E-state index contributed by atoms with van der Waals surface area (Å²) in [5.74, 6) is 0.484. The second-order valence-corrected chi connectivity index (χ2v) is 4.41. The highest BCUT2D eigenvalue weighted by Crippen LogP contribution is 2.20. The molecule has 2 aromatic rings. The van der Waals surface area contributed by atoms with Crippen LogP contribution in [0, 0.1) is 5.82 Å². The molecule has 0 bridgehead atoms. The van der Waals surface area contributed by atoms with Crippen molar-refractivity contribution < 1.29 is 14.2 Å². The largest absolute Gasteiger partial charge is 0.489 e. The van der Waals surface area contributed by atoms with E-state index >= 15 is 0 Å². The van der Waals surface area contributed by atoms with Gasteiger partial charge in [0.1, 0.15) is 18.2 Å². The maximum Gasteiger partial charge on any atom is 0.123 e. The molecule has 0 aliphatic carbocycles. The molecule has 0 amide bonds. The smallest absolute Gasteiger partial charge is 0.123 e. The van der Waals surface area contributed by atoms with Crippen molar-refractivity contribution in [3.8, 4) is 5.75 Å². The average Bonchev–Trinajstić information content (AvgIpc) is 2.46. The lowest BCUT2D eigenvalue weighted by atomic mass is 10.1. The lowest BCUT2D eigenvalue weighted by Crippen LogP contribution is -1.97. The summed E-state index contributed by atoms with van der Waals surface area (Å²) in [6.07, 6.45) is 0.265. The topological polar surface area (TPSA) is 29.5 Å². The third-order valence-corrected chi connectivity index (χ3v) is 2.97. The van der Waals surface area contributed by atoms with Crippen LogP contribution in [0.3, 0.4) is 0 Å². The van der Waals surface area contributed by atoms with Gasteiger partial charge in [-0.1, -0.05) is 31.2 Å². The molecule has 0 fully saturated rings. The normalized spacial score (nSPS) is 12.2. The van der Waals surface area contributed by atoms with E-state index in [9.17, 15) is 9.50 Å². The maximum atomic E-state index is 12.7. The zero-order chi connectivity index (χ0) is 13.7. The molecule has 3 heteroatoms. The maximum absolute atomic E-state index is 12.7. The van der Waals surface area contributed by atoms with Gasteiger partial charge in [-0.15, -0.1) is 0 Å². The Hall–Kier alpha value is -1.87. The van der Waals surface area contributed by atoms with Crippen LogP contribution in [0.15, 0.2) is 48.5 Å². The van der Waals surface area contributed by atoms with Crippen molar-refractivity contribution in [1.29, 1.82) is 0 Å². The van der Waals surface area contributed by atoms with Gasteiger partial charge in [0.15, 0.2) is 0 Å². The lowest BCUT2D eigenvalue weighted by molar-refractivity contribution is 0.173. The summed E-state index contributed by atoms with van der Waals surface area (Å²) in [7, 11) is 0. The van der Waals surface area contributed by atoms with E-state index in [0.717, 1.165) is 16.9 Å². The summed E-state index contributed by atoms with van der Waals surface area (Å²) < 4.78 is 18.3. The number of aliphatic hydroxyl groups is 1. The van der Waals surface area contributed by atoms with Crippen molar-refractivity contribution in [2.24, 2.45) is 0 Å². The number of ether oxygens (including phenoxy) is 1. The zero-order valence-electron chi connectivity index (χ0n) is 10.8. The highest BCUT2D eigenvalue weighted by atomic mass is 19.1. The Balaban J connectivity index is 1.94. The molecule has 19 heavy (non-hydrogen) atoms. The predicted octanol–water partition coefficient (Wildman–Crippen LogP) is 3.85. The molecule has 0 aromatic heterocycles. The first-order valence-corrected chi connectivity index (χ1v) is 6.34. The summed E-state index contributed by atoms with van der Waals surface area (Å²) in [5.41, 5.74) is 1.80. The van der Waals surface area contributed by atoms with E-state index < -0.39 is 6.10 Å². The molecule has 0 aliphatic heterocycles. The van der Waals surface area contributed by atoms with Crippen LogP contribution < -0.4 is 4.74 Å². The Morgan fingerprint density at radius 2 is 1.68 bits per heavy atom. The van der Waals surface area contributed by atoms with Crippen molar-refractivity contribution in [2.45, 2.75) is 26.1 Å². The fourth-order valence-corrected chi connectivity index (χ4v) is 1.77. The highest BCUT2D eigenvalue weighted by molar-refractivity contribution is 5.29. The molecule has 2 rings (SSSR count). The van der Waals surface area contributed by atoms with Crippen LogP contribution in [-0.2, 0) is 6.61 Å². The first-order chi connectivity index (χ1) is 9.19. The second-order valence-electron chi connectivity index (χ2n) is 4.41. The van der Waals surface area contributed by atoms with E-state index in [4.69, 9.17) is 4.74 Å². The first-order valence-electron chi connectivity index (χ1n) is 6.34. The van der Waals surface area contributed by atoms with Gasteiger partial charge in [-0.3, -0.25) is 0 Å². The lowest BCUT2D eigenvalue weighted by Gasteiger charge is -2.10. The van der Waals surface area contributed by atoms with E-state index in [1.807, 2.05) is 31.2 Å². The highest BCUT2D eigenvalue weighted by Gasteiger charge is 2.04. The Kier molecular flexibility index (Phi) is 4.53. The van der Waals surface area contributed by atoms with E-state index in [-0.39, 0.29) is 5.82 Å². The first kappa shape index (κ1) is 13.6. The molecule has 2 aromatic carbocycles. The molecular weight excluding hydrogens is 243 g/mol. The number of rotatable bonds is 5. The van der Waals surface area contributed by atoms with Crippen LogP contribution in [0.4, 0.5) is 4.39 Å². The molecule has 2 nitrogen and oxygen atoms in total. The molecule has 0 saturated heterocycles. The van der Waals surface area contributed by atoms with Crippen molar-refractivity contribution in [3.05, 3.63) is 65.5 Å². The van der Waals surface area contributed by atoms with Gasteiger partial charge in [0.05, 0.1) is 6.10 Å². The Morgan fingerprint density at radius 1 is 1.05 bits per heavy atom. The fraction of sp³-hybridized carbons (Fsp3) is 0.250. The number of aliphatic hydroxyl groups excluding tert-OH is 1. The molecule has 1 N–H and O–H groups in total. The van der Waals surface area contributed by atoms with Gasteiger partial charge in [0.25, 0.3) is 0 Å². The van der Waals surface area contributed by atoms with Gasteiger partial charge in [0, 0.05) is 0 Å². The monoisotopic (exact) mass is 260 g/mol. The summed E-state index contributed by atoms with van der Waals surface area (Å²) >= 11 is 0. The van der Waals surface area contributed by atoms with Gasteiger partial charge >= 0.3 is 0 Å². The van der Waals surface area contributed by atoms with Gasteiger partial charge < -0.3 is 9.84 Å². The molecule has 0 saturated carbocycles. The molecule has 0 unspecified atom stereocenters. The van der Waals surface area contributed by atoms with Crippen LogP contribution in [0.25, 0.3) is 0 Å². The minimum Gasteiger partial charge on any atom is -0.489 e. The van der Waals surface area contributed by atoms with Crippen LogP contribution in [0.2, 0.25) is 0 Å². The zero-order valence-corrected chi connectivity index (χ0v) is 10.8. The number of benzene rings is 2. The summed E-state index contributed by atoms with van der Waals surface area (Å²) in [6, 6.07) is 13.6. The van der Waals surface area contributed by atoms with Crippen LogP contribution in [-0.4, -0.2) is 5.11 Å². The number of halogens is 1. The van der Waals surface area contributed by atoms with Crippen molar-refractivity contribution in [1.82, 2.24) is 0 Å². The van der Waals surface area contributed by atoms with Crippen molar-refractivity contribution in [3.63, 3.8) is 0 Å². The Bertz CT molecular complexity index is 505. The third kappa shape index (κ3) is 3.80. The SMILES string of the molecule is CC[C@@H](O)c1ccc(OCc2ccc(F)cc2)cc1. The summed E-state index contributed by atoms with van der Waals surface area (Å²) in [6.45, 7) is 2.33.